The van der Waals surface area contributed by atoms with Crippen LogP contribution in [0.4, 0.5) is 4.39 Å². The molecule has 0 bridgehead atoms. The number of carbonyl (C=O) groups excluding carboxylic acids is 1. The van der Waals surface area contributed by atoms with Crippen molar-refractivity contribution in [1.82, 2.24) is 9.62 Å². The van der Waals surface area contributed by atoms with E-state index in [4.69, 9.17) is 10.5 Å². The summed E-state index contributed by atoms with van der Waals surface area (Å²) in [7, 11) is -2.57. The standard InChI is InChI=1S/C16H24FN3O4S/c1-11-14(6-5-13(24-2)15(11)17)25(22,23)20-9-3-4-12(10-20)16(21)19-8-7-18/h5-6,12H,3-4,7-10,18H2,1-2H3,(H,19,21). The Morgan fingerprint density at radius 1 is 1.48 bits per heavy atom. The van der Waals surface area contributed by atoms with Crippen molar-refractivity contribution in [1.29, 1.82) is 0 Å². The van der Waals surface area contributed by atoms with Crippen molar-refractivity contribution in [3.8, 4) is 5.75 Å². The molecule has 0 radical (unpaired) electrons. The minimum Gasteiger partial charge on any atom is -0.494 e. The fourth-order valence-corrected chi connectivity index (χ4v) is 4.67. The maximum Gasteiger partial charge on any atom is 0.243 e. The highest BCUT2D eigenvalue weighted by atomic mass is 32.2. The third-order valence-electron chi connectivity index (χ3n) is 4.34. The number of nitrogens with zero attached hydrogens (tertiary/aromatic N) is 1. The number of methoxy groups -OCH3 is 1. The molecule has 1 aliphatic rings. The summed E-state index contributed by atoms with van der Waals surface area (Å²) in [5.41, 5.74) is 5.37. The number of piperidine rings is 1. The molecule has 0 spiro atoms. The van der Waals surface area contributed by atoms with Crippen LogP contribution in [0, 0.1) is 18.7 Å². The molecule has 1 amide bonds. The monoisotopic (exact) mass is 373 g/mol. The first-order valence-electron chi connectivity index (χ1n) is 8.14. The molecule has 1 atom stereocenters. The first-order valence-corrected chi connectivity index (χ1v) is 9.58. The van der Waals surface area contributed by atoms with E-state index in [9.17, 15) is 17.6 Å². The van der Waals surface area contributed by atoms with Crippen molar-refractivity contribution in [2.75, 3.05) is 33.3 Å². The van der Waals surface area contributed by atoms with Gasteiger partial charge in [-0.3, -0.25) is 4.79 Å². The van der Waals surface area contributed by atoms with Gasteiger partial charge >= 0.3 is 0 Å². The van der Waals surface area contributed by atoms with E-state index >= 15 is 0 Å². The quantitative estimate of drug-likeness (QED) is 0.761. The molecule has 1 aromatic carbocycles. The molecular weight excluding hydrogens is 349 g/mol. The first-order chi connectivity index (χ1) is 11.8. The highest BCUT2D eigenvalue weighted by molar-refractivity contribution is 7.89. The van der Waals surface area contributed by atoms with E-state index in [-0.39, 0.29) is 28.7 Å². The van der Waals surface area contributed by atoms with Crippen molar-refractivity contribution in [3.05, 3.63) is 23.5 Å². The van der Waals surface area contributed by atoms with Gasteiger partial charge in [-0.2, -0.15) is 4.31 Å². The van der Waals surface area contributed by atoms with Crippen LogP contribution in [0.25, 0.3) is 0 Å². The summed E-state index contributed by atoms with van der Waals surface area (Å²) in [6.07, 6.45) is 1.18. The van der Waals surface area contributed by atoms with Crippen LogP contribution in [0.5, 0.6) is 5.75 Å². The van der Waals surface area contributed by atoms with Crippen LogP contribution in [0.2, 0.25) is 0 Å². The lowest BCUT2D eigenvalue weighted by atomic mass is 9.99. The smallest absolute Gasteiger partial charge is 0.243 e. The lowest BCUT2D eigenvalue weighted by Crippen LogP contribution is -2.46. The number of benzene rings is 1. The summed E-state index contributed by atoms with van der Waals surface area (Å²) in [6.45, 7) is 2.46. The number of nitrogens with one attached hydrogen (secondary N) is 1. The van der Waals surface area contributed by atoms with Crippen molar-refractivity contribution >= 4 is 15.9 Å². The Morgan fingerprint density at radius 3 is 2.84 bits per heavy atom. The van der Waals surface area contributed by atoms with Gasteiger partial charge in [0.25, 0.3) is 0 Å². The zero-order valence-corrected chi connectivity index (χ0v) is 15.2. The summed E-state index contributed by atoms with van der Waals surface area (Å²) in [6, 6.07) is 2.63. The summed E-state index contributed by atoms with van der Waals surface area (Å²) in [4.78, 5) is 12.0. The number of nitrogens with two attached hydrogens (primary N) is 1. The second-order valence-corrected chi connectivity index (χ2v) is 7.89. The van der Waals surface area contributed by atoms with E-state index in [1.807, 2.05) is 0 Å². The van der Waals surface area contributed by atoms with Gasteiger partial charge in [0.05, 0.1) is 17.9 Å². The van der Waals surface area contributed by atoms with E-state index in [0.717, 1.165) is 0 Å². The lowest BCUT2D eigenvalue weighted by Gasteiger charge is -2.31. The molecule has 0 aliphatic carbocycles. The minimum absolute atomic E-state index is 0.00543. The SMILES string of the molecule is COc1ccc(S(=O)(=O)N2CCCC(C(=O)NCCN)C2)c(C)c1F. The number of amides is 1. The van der Waals surface area contributed by atoms with Crippen LogP contribution in [-0.2, 0) is 14.8 Å². The zero-order chi connectivity index (χ0) is 18.6. The Morgan fingerprint density at radius 2 is 2.20 bits per heavy atom. The summed E-state index contributed by atoms with van der Waals surface area (Å²) < 4.78 is 46.2. The van der Waals surface area contributed by atoms with E-state index in [0.29, 0.717) is 32.5 Å². The molecule has 140 valence electrons. The fraction of sp³-hybridized carbons (Fsp3) is 0.562. The van der Waals surface area contributed by atoms with Gasteiger partial charge in [-0.25, -0.2) is 12.8 Å². The fourth-order valence-electron chi connectivity index (χ4n) is 2.93. The van der Waals surface area contributed by atoms with Crippen molar-refractivity contribution in [2.45, 2.75) is 24.7 Å². The number of carbonyl (C=O) groups is 1. The molecule has 3 N–H and O–H groups in total. The van der Waals surface area contributed by atoms with Crippen molar-refractivity contribution in [3.63, 3.8) is 0 Å². The van der Waals surface area contributed by atoms with E-state index in [1.54, 1.807) is 0 Å². The third kappa shape index (κ3) is 4.10. The average molecular weight is 373 g/mol. The van der Waals surface area contributed by atoms with Gasteiger partial charge in [-0.1, -0.05) is 0 Å². The molecule has 1 aliphatic heterocycles. The molecule has 25 heavy (non-hydrogen) atoms. The van der Waals surface area contributed by atoms with Gasteiger partial charge in [0.1, 0.15) is 0 Å². The van der Waals surface area contributed by atoms with Gasteiger partial charge in [0.2, 0.25) is 15.9 Å². The molecule has 1 heterocycles. The van der Waals surface area contributed by atoms with E-state index in [2.05, 4.69) is 5.32 Å². The second-order valence-electron chi connectivity index (χ2n) is 5.99. The van der Waals surface area contributed by atoms with E-state index in [1.165, 1.54) is 30.5 Å². The van der Waals surface area contributed by atoms with Gasteiger partial charge < -0.3 is 15.8 Å². The van der Waals surface area contributed by atoms with Gasteiger partial charge in [-0.15, -0.1) is 0 Å². The van der Waals surface area contributed by atoms with E-state index < -0.39 is 21.8 Å². The maximum absolute atomic E-state index is 14.2. The summed E-state index contributed by atoms with van der Waals surface area (Å²) in [5.74, 6) is -1.34. The van der Waals surface area contributed by atoms with Crippen LogP contribution < -0.4 is 15.8 Å². The number of halogens is 1. The largest absolute Gasteiger partial charge is 0.494 e. The van der Waals surface area contributed by atoms with Gasteiger partial charge in [0, 0.05) is 31.7 Å². The molecule has 1 unspecified atom stereocenters. The molecule has 0 aromatic heterocycles. The number of ether oxygens (including phenoxy) is 1. The zero-order valence-electron chi connectivity index (χ0n) is 14.4. The molecule has 9 heteroatoms. The van der Waals surface area contributed by atoms with Crippen LogP contribution in [0.3, 0.4) is 0 Å². The Bertz CT molecular complexity index is 739. The van der Waals surface area contributed by atoms with Crippen LogP contribution in [-0.4, -0.2) is 51.9 Å². The molecule has 2 rings (SSSR count). The number of hydrogen-bond acceptors (Lipinski definition) is 5. The highest BCUT2D eigenvalue weighted by Gasteiger charge is 2.34. The third-order valence-corrected chi connectivity index (χ3v) is 6.35. The predicted molar refractivity (Wildman–Crippen MR) is 91.2 cm³/mol. The second kappa shape index (κ2) is 8.11. The predicted octanol–water partition coefficient (Wildman–Crippen LogP) is 0.618. The molecule has 0 saturated carbocycles. The number of sulfonamides is 1. The average Bonchev–Trinajstić information content (AvgIpc) is 2.61. The van der Waals surface area contributed by atoms with Gasteiger partial charge in [-0.05, 0) is 31.9 Å². The lowest BCUT2D eigenvalue weighted by molar-refractivity contribution is -0.126. The number of rotatable bonds is 6. The Balaban J connectivity index is 2.25. The Labute approximate surface area is 147 Å². The van der Waals surface area contributed by atoms with Gasteiger partial charge in [0.15, 0.2) is 11.6 Å². The van der Waals surface area contributed by atoms with Crippen molar-refractivity contribution < 1.29 is 22.3 Å². The Kier molecular flexibility index (Phi) is 6.36. The molecule has 1 fully saturated rings. The first kappa shape index (κ1) is 19.6. The molecular formula is C16H24FN3O4S. The summed E-state index contributed by atoms with van der Waals surface area (Å²) >= 11 is 0. The highest BCUT2D eigenvalue weighted by Crippen LogP contribution is 2.30. The molecule has 7 nitrogen and oxygen atoms in total. The van der Waals surface area contributed by atoms with Crippen LogP contribution >= 0.6 is 0 Å². The maximum atomic E-state index is 14.2. The summed E-state index contributed by atoms with van der Waals surface area (Å²) in [5, 5.41) is 2.69. The van der Waals surface area contributed by atoms with Crippen molar-refractivity contribution in [2.24, 2.45) is 11.7 Å². The normalized spacial score (nSPS) is 18.8. The van der Waals surface area contributed by atoms with Crippen LogP contribution in [0.1, 0.15) is 18.4 Å². The molecule has 1 aromatic rings. The number of hydrogen-bond donors (Lipinski definition) is 2. The van der Waals surface area contributed by atoms with Crippen LogP contribution in [0.15, 0.2) is 17.0 Å². The minimum atomic E-state index is -3.89. The Hall–Kier alpha value is -1.71. The molecule has 1 saturated heterocycles. The topological polar surface area (TPSA) is 102 Å².